The number of hydrogen-bond donors (Lipinski definition) is 1. The molecule has 17 heavy (non-hydrogen) atoms. The number of rotatable bonds is 3. The van der Waals surface area contributed by atoms with E-state index in [1.54, 1.807) is 11.8 Å². The third-order valence-corrected chi connectivity index (χ3v) is 3.11. The molecule has 0 aliphatic carbocycles. The third-order valence-electron chi connectivity index (χ3n) is 3.11. The van der Waals surface area contributed by atoms with Crippen molar-refractivity contribution in [2.24, 2.45) is 5.92 Å². The van der Waals surface area contributed by atoms with E-state index in [1.807, 2.05) is 7.05 Å². The van der Waals surface area contributed by atoms with Crippen molar-refractivity contribution in [2.45, 2.75) is 19.8 Å². The summed E-state index contributed by atoms with van der Waals surface area (Å²) < 4.78 is 4.82. The summed E-state index contributed by atoms with van der Waals surface area (Å²) in [6.45, 7) is 4.25. The quantitative estimate of drug-likeness (QED) is 0.827. The Morgan fingerprint density at radius 2 is 2.24 bits per heavy atom. The Morgan fingerprint density at radius 1 is 1.53 bits per heavy atom. The molecule has 1 saturated heterocycles. The first-order valence-corrected chi connectivity index (χ1v) is 5.95. The number of nitrogens with one attached hydrogen (secondary N) is 1. The fraction of sp³-hybridized carbons (Fsp3) is 0.727. The molecule has 1 aliphatic rings. The Labute approximate surface area is 100 Å². The van der Waals surface area contributed by atoms with Gasteiger partial charge < -0.3 is 14.7 Å². The molecule has 0 atom stereocenters. The summed E-state index contributed by atoms with van der Waals surface area (Å²) in [5.74, 6) is 1.15. The number of hydrogen-bond acceptors (Lipinski definition) is 5. The lowest BCUT2D eigenvalue weighted by atomic mass is 9.97. The van der Waals surface area contributed by atoms with Crippen molar-refractivity contribution in [3.8, 4) is 0 Å². The van der Waals surface area contributed by atoms with Gasteiger partial charge in [-0.2, -0.15) is 4.98 Å². The first kappa shape index (κ1) is 12.0. The molecule has 1 aromatic rings. The molecular weight excluding hydrogens is 220 g/mol. The molecular formula is C11H18N4O2. The van der Waals surface area contributed by atoms with Gasteiger partial charge in [0.15, 0.2) is 0 Å². The highest BCUT2D eigenvalue weighted by Crippen LogP contribution is 2.17. The lowest BCUT2D eigenvalue weighted by Gasteiger charge is -2.31. The Balaban J connectivity index is 1.90. The predicted octanol–water partition coefficient (Wildman–Crippen LogP) is 0.450. The van der Waals surface area contributed by atoms with Crippen LogP contribution in [0.1, 0.15) is 29.4 Å². The number of carbonyl (C=O) groups is 1. The molecule has 0 spiro atoms. The Kier molecular flexibility index (Phi) is 3.73. The molecule has 94 valence electrons. The molecule has 0 unspecified atom stereocenters. The number of piperidine rings is 1. The van der Waals surface area contributed by atoms with Crippen LogP contribution in [0.3, 0.4) is 0 Å². The molecule has 1 N–H and O–H groups in total. The molecule has 1 aliphatic heterocycles. The standard InChI is InChI=1S/C11H18N4O2/c1-8-13-10(14-17-8)11(16)15-5-3-9(4-6-15)7-12-2/h9,12H,3-7H2,1-2H3. The minimum absolute atomic E-state index is 0.121. The van der Waals surface area contributed by atoms with Gasteiger partial charge >= 0.3 is 0 Å². The smallest absolute Gasteiger partial charge is 0.295 e. The Bertz CT molecular complexity index is 383. The van der Waals surface area contributed by atoms with E-state index in [0.717, 1.165) is 32.5 Å². The van der Waals surface area contributed by atoms with E-state index in [0.29, 0.717) is 11.8 Å². The second-order valence-electron chi connectivity index (χ2n) is 4.43. The van der Waals surface area contributed by atoms with Crippen molar-refractivity contribution in [1.29, 1.82) is 0 Å². The Morgan fingerprint density at radius 3 is 2.76 bits per heavy atom. The van der Waals surface area contributed by atoms with Gasteiger partial charge in [-0.15, -0.1) is 0 Å². The minimum Gasteiger partial charge on any atom is -0.339 e. The van der Waals surface area contributed by atoms with Crippen LogP contribution < -0.4 is 5.32 Å². The summed E-state index contributed by atoms with van der Waals surface area (Å²) in [5.41, 5.74) is 0. The van der Waals surface area contributed by atoms with Crippen LogP contribution in [0.25, 0.3) is 0 Å². The Hall–Kier alpha value is -1.43. The highest BCUT2D eigenvalue weighted by molar-refractivity contribution is 5.90. The van der Waals surface area contributed by atoms with Crippen molar-refractivity contribution in [2.75, 3.05) is 26.7 Å². The topological polar surface area (TPSA) is 71.3 Å². The summed E-state index contributed by atoms with van der Waals surface area (Å²) >= 11 is 0. The van der Waals surface area contributed by atoms with Crippen molar-refractivity contribution < 1.29 is 9.32 Å². The van der Waals surface area contributed by atoms with Crippen LogP contribution in [0.2, 0.25) is 0 Å². The molecule has 1 aromatic heterocycles. The third kappa shape index (κ3) is 2.82. The van der Waals surface area contributed by atoms with E-state index >= 15 is 0 Å². The summed E-state index contributed by atoms with van der Waals surface area (Å²) in [6.07, 6.45) is 2.06. The fourth-order valence-corrected chi connectivity index (χ4v) is 2.16. The number of carbonyl (C=O) groups excluding carboxylic acids is 1. The van der Waals surface area contributed by atoms with E-state index in [2.05, 4.69) is 15.5 Å². The van der Waals surface area contributed by atoms with E-state index in [1.165, 1.54) is 0 Å². The van der Waals surface area contributed by atoms with Gasteiger partial charge in [0.1, 0.15) is 0 Å². The number of aromatic nitrogens is 2. The van der Waals surface area contributed by atoms with E-state index < -0.39 is 0 Å². The van der Waals surface area contributed by atoms with Gasteiger partial charge in [-0.3, -0.25) is 4.79 Å². The van der Waals surface area contributed by atoms with Crippen LogP contribution in [0.4, 0.5) is 0 Å². The minimum atomic E-state index is -0.121. The number of amides is 1. The van der Waals surface area contributed by atoms with Gasteiger partial charge in [0.25, 0.3) is 11.7 Å². The van der Waals surface area contributed by atoms with Crippen LogP contribution in [0.15, 0.2) is 4.52 Å². The molecule has 2 rings (SSSR count). The lowest BCUT2D eigenvalue weighted by Crippen LogP contribution is -2.40. The van der Waals surface area contributed by atoms with Gasteiger partial charge in [-0.1, -0.05) is 5.16 Å². The first-order chi connectivity index (χ1) is 8.20. The van der Waals surface area contributed by atoms with Gasteiger partial charge in [-0.05, 0) is 32.4 Å². The maximum atomic E-state index is 12.0. The zero-order chi connectivity index (χ0) is 12.3. The first-order valence-electron chi connectivity index (χ1n) is 5.95. The van der Waals surface area contributed by atoms with Crippen LogP contribution in [0, 0.1) is 12.8 Å². The van der Waals surface area contributed by atoms with Crippen LogP contribution >= 0.6 is 0 Å². The largest absolute Gasteiger partial charge is 0.339 e. The highest BCUT2D eigenvalue weighted by atomic mass is 16.5. The zero-order valence-corrected chi connectivity index (χ0v) is 10.3. The van der Waals surface area contributed by atoms with Crippen LogP contribution in [-0.4, -0.2) is 47.6 Å². The summed E-state index contributed by atoms with van der Waals surface area (Å²) in [4.78, 5) is 17.8. The maximum Gasteiger partial charge on any atom is 0.295 e. The second kappa shape index (κ2) is 5.27. The summed E-state index contributed by atoms with van der Waals surface area (Å²) in [5, 5.41) is 6.83. The monoisotopic (exact) mass is 238 g/mol. The summed E-state index contributed by atoms with van der Waals surface area (Å²) in [7, 11) is 1.96. The number of likely N-dealkylation sites (tertiary alicyclic amines) is 1. The molecule has 2 heterocycles. The molecule has 0 radical (unpaired) electrons. The number of aryl methyl sites for hydroxylation is 1. The normalized spacial score (nSPS) is 17.4. The predicted molar refractivity (Wildman–Crippen MR) is 61.6 cm³/mol. The summed E-state index contributed by atoms with van der Waals surface area (Å²) in [6, 6.07) is 0. The fourth-order valence-electron chi connectivity index (χ4n) is 2.16. The average molecular weight is 238 g/mol. The molecule has 1 amide bonds. The van der Waals surface area contributed by atoms with E-state index in [-0.39, 0.29) is 11.7 Å². The van der Waals surface area contributed by atoms with Crippen LogP contribution in [-0.2, 0) is 0 Å². The van der Waals surface area contributed by atoms with E-state index in [4.69, 9.17) is 4.52 Å². The van der Waals surface area contributed by atoms with Gasteiger partial charge in [-0.25, -0.2) is 0 Å². The molecule has 6 nitrogen and oxygen atoms in total. The zero-order valence-electron chi connectivity index (χ0n) is 10.3. The maximum absolute atomic E-state index is 12.0. The van der Waals surface area contributed by atoms with Gasteiger partial charge in [0.2, 0.25) is 5.89 Å². The lowest BCUT2D eigenvalue weighted by molar-refractivity contribution is 0.0675. The average Bonchev–Trinajstić information content (AvgIpc) is 2.76. The van der Waals surface area contributed by atoms with Gasteiger partial charge in [0, 0.05) is 20.0 Å². The van der Waals surface area contributed by atoms with Crippen molar-refractivity contribution in [1.82, 2.24) is 20.4 Å². The van der Waals surface area contributed by atoms with Gasteiger partial charge in [0.05, 0.1) is 0 Å². The SMILES string of the molecule is CNCC1CCN(C(=O)c2noc(C)n2)CC1. The van der Waals surface area contributed by atoms with E-state index in [9.17, 15) is 4.79 Å². The highest BCUT2D eigenvalue weighted by Gasteiger charge is 2.25. The second-order valence-corrected chi connectivity index (χ2v) is 4.43. The number of nitrogens with zero attached hydrogens (tertiary/aromatic N) is 3. The molecule has 0 saturated carbocycles. The molecule has 0 bridgehead atoms. The van der Waals surface area contributed by atoms with Crippen molar-refractivity contribution in [3.63, 3.8) is 0 Å². The van der Waals surface area contributed by atoms with Crippen molar-refractivity contribution in [3.05, 3.63) is 11.7 Å². The molecule has 0 aromatic carbocycles. The molecule has 1 fully saturated rings. The molecule has 6 heteroatoms. The van der Waals surface area contributed by atoms with Crippen molar-refractivity contribution >= 4 is 5.91 Å². The van der Waals surface area contributed by atoms with Crippen LogP contribution in [0.5, 0.6) is 0 Å².